The molecule has 0 spiro atoms. The third-order valence-electron chi connectivity index (χ3n) is 4.21. The molecular formula is C21H20N2O5S. The zero-order chi connectivity index (χ0) is 20.8. The number of hydrogen-bond acceptors (Lipinski definition) is 6. The maximum Gasteiger partial charge on any atom is 0.293 e. The normalized spacial score (nSPS) is 15.0. The van der Waals surface area contributed by atoms with Crippen molar-refractivity contribution in [2.24, 2.45) is 0 Å². The lowest BCUT2D eigenvalue weighted by atomic mass is 10.2. The molecule has 1 saturated heterocycles. The molecule has 0 radical (unpaired) electrons. The van der Waals surface area contributed by atoms with Gasteiger partial charge in [0.1, 0.15) is 11.5 Å². The molecule has 1 fully saturated rings. The largest absolute Gasteiger partial charge is 0.497 e. The number of ether oxygens (including phenoxy) is 2. The summed E-state index contributed by atoms with van der Waals surface area (Å²) in [6.45, 7) is 0.221. The number of imide groups is 1. The first-order valence-corrected chi connectivity index (χ1v) is 9.65. The van der Waals surface area contributed by atoms with E-state index in [1.807, 2.05) is 30.3 Å². The molecule has 0 aliphatic carbocycles. The van der Waals surface area contributed by atoms with Crippen LogP contribution in [0.15, 0.2) is 53.4 Å². The molecule has 0 saturated carbocycles. The van der Waals surface area contributed by atoms with E-state index < -0.39 is 0 Å². The molecule has 1 aliphatic heterocycles. The monoisotopic (exact) mass is 412 g/mol. The van der Waals surface area contributed by atoms with E-state index in [0.29, 0.717) is 22.0 Å². The fourth-order valence-corrected chi connectivity index (χ4v) is 3.58. The van der Waals surface area contributed by atoms with Gasteiger partial charge in [0, 0.05) is 24.7 Å². The molecule has 0 bridgehead atoms. The second kappa shape index (κ2) is 9.29. The smallest absolute Gasteiger partial charge is 0.293 e. The molecule has 0 aromatic heterocycles. The van der Waals surface area contributed by atoms with Gasteiger partial charge in [-0.05, 0) is 35.5 Å². The summed E-state index contributed by atoms with van der Waals surface area (Å²) in [5.41, 5.74) is 1.21. The van der Waals surface area contributed by atoms with Crippen molar-refractivity contribution in [2.75, 3.05) is 27.3 Å². The van der Waals surface area contributed by atoms with Crippen LogP contribution in [0.5, 0.6) is 11.5 Å². The molecule has 3 rings (SSSR count). The van der Waals surface area contributed by atoms with Gasteiger partial charge in [0.25, 0.3) is 17.1 Å². The highest BCUT2D eigenvalue weighted by Gasteiger charge is 2.34. The van der Waals surface area contributed by atoms with Gasteiger partial charge in [-0.15, -0.1) is 0 Å². The van der Waals surface area contributed by atoms with Gasteiger partial charge >= 0.3 is 0 Å². The van der Waals surface area contributed by atoms with Crippen LogP contribution in [0.3, 0.4) is 0 Å². The Morgan fingerprint density at radius 1 is 1.07 bits per heavy atom. The lowest BCUT2D eigenvalue weighted by Crippen LogP contribution is -2.37. The van der Waals surface area contributed by atoms with Crippen molar-refractivity contribution < 1.29 is 23.9 Å². The van der Waals surface area contributed by atoms with E-state index in [1.54, 1.807) is 24.3 Å². The highest BCUT2D eigenvalue weighted by Crippen LogP contribution is 2.31. The molecule has 0 unspecified atom stereocenters. The Morgan fingerprint density at radius 2 is 1.72 bits per heavy atom. The first-order valence-electron chi connectivity index (χ1n) is 8.83. The molecule has 7 nitrogen and oxygen atoms in total. The van der Waals surface area contributed by atoms with Gasteiger partial charge in [0.05, 0.1) is 19.1 Å². The summed E-state index contributed by atoms with van der Waals surface area (Å²) in [5, 5.41) is 2.36. The Hall–Kier alpha value is -3.26. The second-order valence-electron chi connectivity index (χ2n) is 6.10. The molecule has 2 aromatic carbocycles. The summed E-state index contributed by atoms with van der Waals surface area (Å²) < 4.78 is 10.3. The number of rotatable bonds is 7. The number of nitrogens with zero attached hydrogens (tertiary/aromatic N) is 1. The average molecular weight is 412 g/mol. The number of thioether (sulfide) groups is 1. The highest BCUT2D eigenvalue weighted by molar-refractivity contribution is 8.18. The number of amides is 3. The number of methoxy groups -OCH3 is 2. The lowest BCUT2D eigenvalue weighted by molar-refractivity contribution is -0.122. The number of carbonyl (C=O) groups is 3. The summed E-state index contributed by atoms with van der Waals surface area (Å²) in [5.74, 6) is 0.271. The number of benzene rings is 2. The molecular weight excluding hydrogens is 392 g/mol. The predicted molar refractivity (Wildman–Crippen MR) is 111 cm³/mol. The van der Waals surface area contributed by atoms with Crippen LogP contribution in [-0.2, 0) is 4.79 Å². The summed E-state index contributed by atoms with van der Waals surface area (Å²) in [6, 6.07) is 14.1. The van der Waals surface area contributed by atoms with Crippen molar-refractivity contribution in [1.82, 2.24) is 10.2 Å². The van der Waals surface area contributed by atoms with E-state index >= 15 is 0 Å². The minimum absolute atomic E-state index is 0.0869. The molecule has 2 aromatic rings. The molecule has 3 amide bonds. The molecule has 1 heterocycles. The minimum Gasteiger partial charge on any atom is -0.497 e. The third kappa shape index (κ3) is 4.97. The van der Waals surface area contributed by atoms with Gasteiger partial charge in [0.15, 0.2) is 0 Å². The highest BCUT2D eigenvalue weighted by atomic mass is 32.2. The van der Waals surface area contributed by atoms with Crippen molar-refractivity contribution in [2.45, 2.75) is 0 Å². The Bertz CT molecular complexity index is 937. The first kappa shape index (κ1) is 20.5. The topological polar surface area (TPSA) is 84.9 Å². The Labute approximate surface area is 172 Å². The molecule has 150 valence electrons. The first-order chi connectivity index (χ1) is 14.0. The van der Waals surface area contributed by atoms with Crippen molar-refractivity contribution in [3.05, 3.63) is 64.6 Å². The maximum absolute atomic E-state index is 12.5. The fourth-order valence-electron chi connectivity index (χ4n) is 2.72. The van der Waals surface area contributed by atoms with Crippen molar-refractivity contribution in [3.63, 3.8) is 0 Å². The van der Waals surface area contributed by atoms with Crippen molar-refractivity contribution >= 4 is 34.9 Å². The van der Waals surface area contributed by atoms with Crippen LogP contribution in [0, 0.1) is 0 Å². The zero-order valence-electron chi connectivity index (χ0n) is 16.0. The van der Waals surface area contributed by atoms with Gasteiger partial charge in [-0.25, -0.2) is 0 Å². The number of hydrogen-bond donors (Lipinski definition) is 1. The number of nitrogens with one attached hydrogen (secondary N) is 1. The van der Waals surface area contributed by atoms with E-state index in [2.05, 4.69) is 5.32 Å². The van der Waals surface area contributed by atoms with Gasteiger partial charge in [-0.1, -0.05) is 30.3 Å². The van der Waals surface area contributed by atoms with E-state index in [9.17, 15) is 14.4 Å². The average Bonchev–Trinajstić information content (AvgIpc) is 3.01. The summed E-state index contributed by atoms with van der Waals surface area (Å²) in [4.78, 5) is 38.6. The van der Waals surface area contributed by atoms with E-state index in [4.69, 9.17) is 9.47 Å². The molecule has 0 atom stereocenters. The molecule has 1 N–H and O–H groups in total. The van der Waals surface area contributed by atoms with Crippen LogP contribution in [0.25, 0.3) is 6.08 Å². The minimum atomic E-state index is -0.360. The SMILES string of the molecule is COc1cc(OC)cc(C(=O)NCCN2C(=O)S/C(=C/c3ccccc3)C2=O)c1. The van der Waals surface area contributed by atoms with Gasteiger partial charge in [-0.3, -0.25) is 19.3 Å². The quantitative estimate of drug-likeness (QED) is 0.703. The van der Waals surface area contributed by atoms with Gasteiger partial charge in [0.2, 0.25) is 0 Å². The summed E-state index contributed by atoms with van der Waals surface area (Å²) >= 11 is 0.894. The Balaban J connectivity index is 1.60. The van der Waals surface area contributed by atoms with Crippen molar-refractivity contribution in [1.29, 1.82) is 0 Å². The van der Waals surface area contributed by atoms with E-state index in [1.165, 1.54) is 14.2 Å². The van der Waals surface area contributed by atoms with Gasteiger partial charge in [-0.2, -0.15) is 0 Å². The zero-order valence-corrected chi connectivity index (χ0v) is 16.8. The second-order valence-corrected chi connectivity index (χ2v) is 7.09. The van der Waals surface area contributed by atoms with Crippen LogP contribution in [0.4, 0.5) is 4.79 Å². The summed E-state index contributed by atoms with van der Waals surface area (Å²) in [6.07, 6.45) is 1.69. The summed E-state index contributed by atoms with van der Waals surface area (Å²) in [7, 11) is 3.00. The lowest BCUT2D eigenvalue weighted by Gasteiger charge is -2.13. The van der Waals surface area contributed by atoms with E-state index in [-0.39, 0.29) is 30.1 Å². The molecule has 8 heteroatoms. The third-order valence-corrected chi connectivity index (χ3v) is 5.11. The maximum atomic E-state index is 12.5. The van der Waals surface area contributed by atoms with Crippen LogP contribution in [0.2, 0.25) is 0 Å². The standard InChI is InChI=1S/C21H20N2O5S/c1-27-16-11-15(12-17(13-16)28-2)19(24)22-8-9-23-20(25)18(29-21(23)26)10-14-6-4-3-5-7-14/h3-7,10-13H,8-9H2,1-2H3,(H,22,24)/b18-10+. The predicted octanol–water partition coefficient (Wildman–Crippen LogP) is 3.17. The Kier molecular flexibility index (Phi) is 6.56. The molecule has 29 heavy (non-hydrogen) atoms. The van der Waals surface area contributed by atoms with Crippen LogP contribution in [-0.4, -0.2) is 49.3 Å². The molecule has 1 aliphatic rings. The van der Waals surface area contributed by atoms with Crippen LogP contribution in [0.1, 0.15) is 15.9 Å². The van der Waals surface area contributed by atoms with Crippen LogP contribution < -0.4 is 14.8 Å². The fraction of sp³-hybridized carbons (Fsp3) is 0.190. The van der Waals surface area contributed by atoms with Crippen LogP contribution >= 0.6 is 11.8 Å². The van der Waals surface area contributed by atoms with Gasteiger partial charge < -0.3 is 14.8 Å². The van der Waals surface area contributed by atoms with E-state index in [0.717, 1.165) is 22.2 Å². The number of carbonyl (C=O) groups excluding carboxylic acids is 3. The van der Waals surface area contributed by atoms with Crippen molar-refractivity contribution in [3.8, 4) is 11.5 Å². The Morgan fingerprint density at radius 3 is 2.34 bits per heavy atom.